The van der Waals surface area contributed by atoms with Crippen LogP contribution >= 0.6 is 11.3 Å². The zero-order valence-corrected chi connectivity index (χ0v) is 15.4. The van der Waals surface area contributed by atoms with Crippen molar-refractivity contribution >= 4 is 17.3 Å². The molecule has 0 aliphatic carbocycles. The Morgan fingerprint density at radius 1 is 1.42 bits per heavy atom. The summed E-state index contributed by atoms with van der Waals surface area (Å²) in [7, 11) is 1.69. The highest BCUT2D eigenvalue weighted by molar-refractivity contribution is 7.11. The molecule has 0 saturated heterocycles. The summed E-state index contributed by atoms with van der Waals surface area (Å²) in [5, 5.41) is 7.74. The number of rotatable bonds is 9. The van der Waals surface area contributed by atoms with Gasteiger partial charge in [0.25, 0.3) is 0 Å². The van der Waals surface area contributed by atoms with Crippen LogP contribution in [0.4, 0.5) is 0 Å². The lowest BCUT2D eigenvalue weighted by atomic mass is 10.2. The fraction of sp³-hybridized carbons (Fsp3) is 0.529. The van der Waals surface area contributed by atoms with Crippen LogP contribution in [-0.4, -0.2) is 44.3 Å². The minimum absolute atomic E-state index is 0.301. The van der Waals surface area contributed by atoms with E-state index in [2.05, 4.69) is 34.5 Å². The van der Waals surface area contributed by atoms with E-state index in [0.29, 0.717) is 25.6 Å². The molecule has 1 atom stereocenters. The molecule has 0 aromatic carbocycles. The summed E-state index contributed by atoms with van der Waals surface area (Å²) in [5.74, 6) is 2.05. The van der Waals surface area contributed by atoms with Crippen molar-refractivity contribution in [3.63, 3.8) is 0 Å². The molecule has 0 aliphatic heterocycles. The summed E-state index contributed by atoms with van der Waals surface area (Å²) in [6, 6.07) is 3.88. The van der Waals surface area contributed by atoms with E-state index in [1.165, 1.54) is 4.88 Å². The highest BCUT2D eigenvalue weighted by atomic mass is 32.1. The number of aryl methyl sites for hydroxylation is 1. The van der Waals surface area contributed by atoms with Crippen molar-refractivity contribution in [1.29, 1.82) is 0 Å². The fourth-order valence-corrected chi connectivity index (χ4v) is 2.93. The Bertz CT molecular complexity index is 610. The topological polar surface area (TPSA) is 71.7 Å². The van der Waals surface area contributed by atoms with Gasteiger partial charge < -0.3 is 19.8 Å². The number of aromatic nitrogens is 1. The zero-order chi connectivity index (χ0) is 17.2. The normalized spacial score (nSPS) is 13.0. The number of ether oxygens (including phenoxy) is 1. The number of hydrogen-bond donors (Lipinski definition) is 2. The van der Waals surface area contributed by atoms with E-state index in [1.54, 1.807) is 24.7 Å². The average molecular weight is 350 g/mol. The van der Waals surface area contributed by atoms with E-state index in [0.717, 1.165) is 29.7 Å². The van der Waals surface area contributed by atoms with Gasteiger partial charge in [-0.25, -0.2) is 4.98 Å². The van der Waals surface area contributed by atoms with Crippen molar-refractivity contribution in [3.05, 3.63) is 40.2 Å². The van der Waals surface area contributed by atoms with Gasteiger partial charge in [-0.15, -0.1) is 11.3 Å². The Hall–Kier alpha value is -1.86. The monoisotopic (exact) mass is 350 g/mol. The van der Waals surface area contributed by atoms with Crippen LogP contribution in [0, 0.1) is 6.92 Å². The first kappa shape index (κ1) is 18.5. The third-order valence-electron chi connectivity index (χ3n) is 3.43. The van der Waals surface area contributed by atoms with Gasteiger partial charge in [-0.1, -0.05) is 6.92 Å². The summed E-state index contributed by atoms with van der Waals surface area (Å²) in [6.07, 6.45) is 4.43. The molecule has 2 N–H and O–H groups in total. The van der Waals surface area contributed by atoms with Gasteiger partial charge in [-0.2, -0.15) is 0 Å². The van der Waals surface area contributed by atoms with E-state index in [4.69, 9.17) is 9.15 Å². The van der Waals surface area contributed by atoms with E-state index in [-0.39, 0.29) is 0 Å². The molecule has 24 heavy (non-hydrogen) atoms. The largest absolute Gasteiger partial charge is 0.469 e. The second-order valence-electron chi connectivity index (χ2n) is 5.58. The number of nitrogens with one attached hydrogen (secondary N) is 2. The van der Waals surface area contributed by atoms with Crippen molar-refractivity contribution in [3.8, 4) is 0 Å². The third-order valence-corrected chi connectivity index (χ3v) is 4.57. The van der Waals surface area contributed by atoms with E-state index in [1.807, 2.05) is 18.3 Å². The molecule has 0 fully saturated rings. The molecule has 0 aliphatic rings. The van der Waals surface area contributed by atoms with Crippen molar-refractivity contribution in [2.45, 2.75) is 26.2 Å². The number of nitrogens with zero attached hydrogens (tertiary/aromatic N) is 2. The van der Waals surface area contributed by atoms with Gasteiger partial charge in [-0.05, 0) is 19.1 Å². The van der Waals surface area contributed by atoms with Crippen LogP contribution in [0.2, 0.25) is 0 Å². The summed E-state index contributed by atoms with van der Waals surface area (Å²) in [6.45, 7) is 7.03. The van der Waals surface area contributed by atoms with Gasteiger partial charge in [-0.3, -0.25) is 4.99 Å². The first-order chi connectivity index (χ1) is 11.7. The number of guanidine groups is 1. The Balaban J connectivity index is 1.85. The summed E-state index contributed by atoms with van der Waals surface area (Å²) in [5.41, 5.74) is 0. The standard InChI is InChI=1S/C17H26N4O2S/c1-13(16-20-12-14(2)24-16)11-21-17(19-8-10-22-3)18-7-6-15-5-4-9-23-15/h4-5,9,12-13H,6-8,10-11H2,1-3H3,(H2,18,19,21). The molecule has 0 radical (unpaired) electrons. The number of hydrogen-bond acceptors (Lipinski definition) is 5. The maximum atomic E-state index is 5.35. The van der Waals surface area contributed by atoms with Crippen molar-refractivity contribution in [2.75, 3.05) is 33.4 Å². The molecule has 7 heteroatoms. The second-order valence-corrected chi connectivity index (χ2v) is 6.84. The van der Waals surface area contributed by atoms with Gasteiger partial charge in [0, 0.05) is 43.6 Å². The molecule has 2 aromatic rings. The van der Waals surface area contributed by atoms with Crippen LogP contribution in [0.25, 0.3) is 0 Å². The van der Waals surface area contributed by atoms with Crippen LogP contribution in [0.15, 0.2) is 34.0 Å². The second kappa shape index (κ2) is 10.1. The smallest absolute Gasteiger partial charge is 0.191 e. The summed E-state index contributed by atoms with van der Waals surface area (Å²) in [4.78, 5) is 10.3. The van der Waals surface area contributed by atoms with Gasteiger partial charge in [0.15, 0.2) is 5.96 Å². The molecular formula is C17H26N4O2S. The summed E-state index contributed by atoms with van der Waals surface area (Å²) < 4.78 is 10.4. The van der Waals surface area contributed by atoms with Crippen LogP contribution in [-0.2, 0) is 11.2 Å². The molecule has 132 valence electrons. The van der Waals surface area contributed by atoms with Crippen molar-refractivity contribution in [1.82, 2.24) is 15.6 Å². The van der Waals surface area contributed by atoms with Gasteiger partial charge in [0.2, 0.25) is 0 Å². The van der Waals surface area contributed by atoms with E-state index in [9.17, 15) is 0 Å². The average Bonchev–Trinajstić information content (AvgIpc) is 3.23. The highest BCUT2D eigenvalue weighted by Gasteiger charge is 2.09. The Kier molecular flexibility index (Phi) is 7.77. The van der Waals surface area contributed by atoms with Crippen LogP contribution in [0.3, 0.4) is 0 Å². The Morgan fingerprint density at radius 3 is 2.92 bits per heavy atom. The predicted molar refractivity (Wildman–Crippen MR) is 97.9 cm³/mol. The molecule has 0 spiro atoms. The lowest BCUT2D eigenvalue weighted by Gasteiger charge is -2.13. The molecule has 2 heterocycles. The lowest BCUT2D eigenvalue weighted by Crippen LogP contribution is -2.40. The number of methoxy groups -OCH3 is 1. The molecule has 0 amide bonds. The zero-order valence-electron chi connectivity index (χ0n) is 14.5. The first-order valence-electron chi connectivity index (χ1n) is 8.15. The maximum absolute atomic E-state index is 5.35. The molecule has 6 nitrogen and oxygen atoms in total. The minimum atomic E-state index is 0.301. The Labute approximate surface area is 147 Å². The Morgan fingerprint density at radius 2 is 2.25 bits per heavy atom. The van der Waals surface area contributed by atoms with Crippen LogP contribution < -0.4 is 10.6 Å². The van der Waals surface area contributed by atoms with Crippen LogP contribution in [0.5, 0.6) is 0 Å². The quantitative estimate of drug-likeness (QED) is 0.413. The maximum Gasteiger partial charge on any atom is 0.191 e. The van der Waals surface area contributed by atoms with E-state index < -0.39 is 0 Å². The molecule has 2 aromatic heterocycles. The molecular weight excluding hydrogens is 324 g/mol. The third kappa shape index (κ3) is 6.33. The number of furan rings is 1. The number of thiazole rings is 1. The number of aliphatic imine (C=N–C) groups is 1. The predicted octanol–water partition coefficient (Wildman–Crippen LogP) is 2.57. The fourth-order valence-electron chi connectivity index (χ4n) is 2.11. The first-order valence-corrected chi connectivity index (χ1v) is 8.96. The van der Waals surface area contributed by atoms with Gasteiger partial charge in [0.05, 0.1) is 24.4 Å². The van der Waals surface area contributed by atoms with Crippen molar-refractivity contribution < 1.29 is 9.15 Å². The van der Waals surface area contributed by atoms with Gasteiger partial charge in [0.1, 0.15) is 5.76 Å². The highest BCUT2D eigenvalue weighted by Crippen LogP contribution is 2.21. The van der Waals surface area contributed by atoms with Crippen LogP contribution in [0.1, 0.15) is 28.5 Å². The minimum Gasteiger partial charge on any atom is -0.469 e. The SMILES string of the molecule is COCCNC(=NCC(C)c1ncc(C)s1)NCCc1ccco1. The van der Waals surface area contributed by atoms with Crippen molar-refractivity contribution in [2.24, 2.45) is 4.99 Å². The summed E-state index contributed by atoms with van der Waals surface area (Å²) >= 11 is 1.73. The molecule has 0 saturated carbocycles. The lowest BCUT2D eigenvalue weighted by molar-refractivity contribution is 0.203. The van der Waals surface area contributed by atoms with Gasteiger partial charge >= 0.3 is 0 Å². The molecule has 1 unspecified atom stereocenters. The van der Waals surface area contributed by atoms with E-state index >= 15 is 0 Å². The molecule has 0 bridgehead atoms. The molecule has 2 rings (SSSR count).